The Hall–Kier alpha value is -1.38. The standard InChI is InChI=1S/C12H19NO2/c1-12(2,3)15-11-7-6-9(13(4)5)8-10(11)14/h6-8,14H,1-5H3. The van der Waals surface area contributed by atoms with Crippen LogP contribution in [0.3, 0.4) is 0 Å². The monoisotopic (exact) mass is 209 g/mol. The van der Waals surface area contributed by atoms with Gasteiger partial charge in [0.25, 0.3) is 0 Å². The molecule has 0 radical (unpaired) electrons. The van der Waals surface area contributed by atoms with E-state index in [0.29, 0.717) is 5.75 Å². The summed E-state index contributed by atoms with van der Waals surface area (Å²) in [6, 6.07) is 5.40. The number of aromatic hydroxyl groups is 1. The first kappa shape index (κ1) is 11.7. The Bertz CT molecular complexity index is 340. The van der Waals surface area contributed by atoms with Crippen molar-refractivity contribution in [3.63, 3.8) is 0 Å². The Balaban J connectivity index is 2.94. The van der Waals surface area contributed by atoms with E-state index >= 15 is 0 Å². The smallest absolute Gasteiger partial charge is 0.161 e. The van der Waals surface area contributed by atoms with Crippen LogP contribution in [-0.2, 0) is 0 Å². The van der Waals surface area contributed by atoms with Crippen molar-refractivity contribution in [1.29, 1.82) is 0 Å². The van der Waals surface area contributed by atoms with E-state index in [-0.39, 0.29) is 11.4 Å². The molecule has 0 atom stereocenters. The summed E-state index contributed by atoms with van der Waals surface area (Å²) in [4.78, 5) is 1.93. The maximum Gasteiger partial charge on any atom is 0.161 e. The van der Waals surface area contributed by atoms with Gasteiger partial charge in [0.2, 0.25) is 0 Å². The van der Waals surface area contributed by atoms with Crippen LogP contribution in [0.5, 0.6) is 11.5 Å². The average molecular weight is 209 g/mol. The highest BCUT2D eigenvalue weighted by Gasteiger charge is 2.14. The van der Waals surface area contributed by atoms with Crippen molar-refractivity contribution in [3.05, 3.63) is 18.2 Å². The van der Waals surface area contributed by atoms with Crippen LogP contribution in [0.4, 0.5) is 5.69 Å². The summed E-state index contributed by atoms with van der Waals surface area (Å²) in [5.74, 6) is 0.698. The van der Waals surface area contributed by atoms with E-state index in [1.807, 2.05) is 45.8 Å². The van der Waals surface area contributed by atoms with Gasteiger partial charge in [0.05, 0.1) is 0 Å². The second-order valence-electron chi connectivity index (χ2n) is 4.76. The summed E-state index contributed by atoms with van der Waals surface area (Å²) in [6.45, 7) is 5.85. The first-order valence-electron chi connectivity index (χ1n) is 4.99. The van der Waals surface area contributed by atoms with Crippen molar-refractivity contribution in [2.24, 2.45) is 0 Å². The van der Waals surface area contributed by atoms with Crippen molar-refractivity contribution in [3.8, 4) is 11.5 Å². The van der Waals surface area contributed by atoms with E-state index in [9.17, 15) is 5.11 Å². The molecule has 0 spiro atoms. The molecule has 0 fully saturated rings. The predicted octanol–water partition coefficient (Wildman–Crippen LogP) is 2.64. The fourth-order valence-electron chi connectivity index (χ4n) is 1.20. The molecule has 1 N–H and O–H groups in total. The third kappa shape index (κ3) is 3.35. The Labute approximate surface area is 91.3 Å². The van der Waals surface area contributed by atoms with Gasteiger partial charge in [-0.25, -0.2) is 0 Å². The van der Waals surface area contributed by atoms with E-state index in [1.165, 1.54) is 0 Å². The van der Waals surface area contributed by atoms with Crippen LogP contribution in [-0.4, -0.2) is 24.8 Å². The minimum atomic E-state index is -0.295. The number of phenols is 1. The van der Waals surface area contributed by atoms with Crippen LogP contribution in [0.15, 0.2) is 18.2 Å². The molecular formula is C12H19NO2. The van der Waals surface area contributed by atoms with Crippen molar-refractivity contribution < 1.29 is 9.84 Å². The molecule has 0 amide bonds. The summed E-state index contributed by atoms with van der Waals surface area (Å²) in [5.41, 5.74) is 0.658. The third-order valence-corrected chi connectivity index (χ3v) is 1.88. The largest absolute Gasteiger partial charge is 0.504 e. The lowest BCUT2D eigenvalue weighted by molar-refractivity contribution is 0.126. The first-order chi connectivity index (χ1) is 6.79. The molecule has 0 saturated carbocycles. The van der Waals surface area contributed by atoms with Gasteiger partial charge in [-0.2, -0.15) is 0 Å². The molecule has 1 aromatic carbocycles. The third-order valence-electron chi connectivity index (χ3n) is 1.88. The van der Waals surface area contributed by atoms with Crippen LogP contribution in [0.1, 0.15) is 20.8 Å². The topological polar surface area (TPSA) is 32.7 Å². The van der Waals surface area contributed by atoms with Crippen molar-refractivity contribution in [2.75, 3.05) is 19.0 Å². The summed E-state index contributed by atoms with van der Waals surface area (Å²) < 4.78 is 5.60. The van der Waals surface area contributed by atoms with Gasteiger partial charge in [-0.1, -0.05) is 0 Å². The van der Waals surface area contributed by atoms with Crippen LogP contribution < -0.4 is 9.64 Å². The highest BCUT2D eigenvalue weighted by molar-refractivity contribution is 5.55. The van der Waals surface area contributed by atoms with Gasteiger partial charge in [-0.15, -0.1) is 0 Å². The molecule has 1 rings (SSSR count). The molecule has 3 heteroatoms. The molecule has 0 aromatic heterocycles. The van der Waals surface area contributed by atoms with Crippen molar-refractivity contribution in [1.82, 2.24) is 0 Å². The van der Waals surface area contributed by atoms with Crippen LogP contribution >= 0.6 is 0 Å². The van der Waals surface area contributed by atoms with Crippen LogP contribution in [0.25, 0.3) is 0 Å². The van der Waals surface area contributed by atoms with E-state index in [2.05, 4.69) is 0 Å². The van der Waals surface area contributed by atoms with Gasteiger partial charge >= 0.3 is 0 Å². The summed E-state index contributed by atoms with van der Waals surface area (Å²) in [6.07, 6.45) is 0. The van der Waals surface area contributed by atoms with E-state index in [1.54, 1.807) is 12.1 Å². The molecule has 0 aliphatic carbocycles. The maximum atomic E-state index is 9.75. The predicted molar refractivity (Wildman–Crippen MR) is 62.8 cm³/mol. The van der Waals surface area contributed by atoms with Gasteiger partial charge in [-0.3, -0.25) is 0 Å². The summed E-state index contributed by atoms with van der Waals surface area (Å²) in [7, 11) is 3.86. The molecule has 0 aliphatic rings. The highest BCUT2D eigenvalue weighted by atomic mass is 16.5. The van der Waals surface area contributed by atoms with Crippen molar-refractivity contribution >= 4 is 5.69 Å². The number of ether oxygens (including phenoxy) is 1. The Kier molecular flexibility index (Phi) is 3.12. The van der Waals surface area contributed by atoms with Gasteiger partial charge in [0.15, 0.2) is 11.5 Å². The molecule has 15 heavy (non-hydrogen) atoms. The van der Waals surface area contributed by atoms with Gasteiger partial charge in [0, 0.05) is 25.8 Å². The molecule has 0 saturated heterocycles. The fraction of sp³-hybridized carbons (Fsp3) is 0.500. The van der Waals surface area contributed by atoms with Gasteiger partial charge < -0.3 is 14.7 Å². The molecule has 1 aromatic rings. The molecule has 0 heterocycles. The van der Waals surface area contributed by atoms with E-state index < -0.39 is 0 Å². The zero-order chi connectivity index (χ0) is 11.6. The Morgan fingerprint density at radius 1 is 1.20 bits per heavy atom. The maximum absolute atomic E-state index is 9.75. The fourth-order valence-corrected chi connectivity index (χ4v) is 1.20. The summed E-state index contributed by atoms with van der Waals surface area (Å²) in [5, 5.41) is 9.75. The average Bonchev–Trinajstić information content (AvgIpc) is 2.05. The van der Waals surface area contributed by atoms with E-state index in [4.69, 9.17) is 4.74 Å². The number of anilines is 1. The number of hydrogen-bond donors (Lipinski definition) is 1. The second kappa shape index (κ2) is 4.01. The number of hydrogen-bond acceptors (Lipinski definition) is 3. The molecule has 0 aliphatic heterocycles. The molecular weight excluding hydrogens is 190 g/mol. The lowest BCUT2D eigenvalue weighted by Crippen LogP contribution is -2.23. The lowest BCUT2D eigenvalue weighted by atomic mass is 10.2. The minimum Gasteiger partial charge on any atom is -0.504 e. The Morgan fingerprint density at radius 2 is 1.80 bits per heavy atom. The van der Waals surface area contributed by atoms with Crippen LogP contribution in [0, 0.1) is 0 Å². The van der Waals surface area contributed by atoms with Crippen molar-refractivity contribution in [2.45, 2.75) is 26.4 Å². The Morgan fingerprint density at radius 3 is 2.20 bits per heavy atom. The number of nitrogens with zero attached hydrogens (tertiary/aromatic N) is 1. The SMILES string of the molecule is CN(C)c1ccc(OC(C)(C)C)c(O)c1. The second-order valence-corrected chi connectivity index (χ2v) is 4.76. The lowest BCUT2D eigenvalue weighted by Gasteiger charge is -2.22. The number of benzene rings is 1. The van der Waals surface area contributed by atoms with Gasteiger partial charge in [-0.05, 0) is 32.9 Å². The van der Waals surface area contributed by atoms with Gasteiger partial charge in [0.1, 0.15) is 5.60 Å². The zero-order valence-electron chi connectivity index (χ0n) is 10.0. The molecule has 3 nitrogen and oxygen atoms in total. The highest BCUT2D eigenvalue weighted by Crippen LogP contribution is 2.32. The van der Waals surface area contributed by atoms with Crippen LogP contribution in [0.2, 0.25) is 0 Å². The molecule has 0 bridgehead atoms. The normalized spacial score (nSPS) is 11.3. The molecule has 84 valence electrons. The van der Waals surface area contributed by atoms with E-state index in [0.717, 1.165) is 5.69 Å². The first-order valence-corrected chi connectivity index (χ1v) is 4.99. The summed E-state index contributed by atoms with van der Waals surface area (Å²) >= 11 is 0. The minimum absolute atomic E-state index is 0.177. The molecule has 0 unspecified atom stereocenters. The number of rotatable bonds is 2. The number of phenolic OH excluding ortho intramolecular Hbond substituents is 1. The quantitative estimate of drug-likeness (QED) is 0.812. The zero-order valence-corrected chi connectivity index (χ0v) is 10.0.